The molecule has 0 aliphatic heterocycles. The van der Waals surface area contributed by atoms with Crippen LogP contribution >= 0.6 is 11.6 Å². The number of halogens is 1. The molecule has 0 radical (unpaired) electrons. The summed E-state index contributed by atoms with van der Waals surface area (Å²) < 4.78 is 25.9. The van der Waals surface area contributed by atoms with E-state index in [2.05, 4.69) is 31.3 Å². The minimum atomic E-state index is -3.49. The minimum absolute atomic E-state index is 0.101. The van der Waals surface area contributed by atoms with Crippen molar-refractivity contribution in [1.29, 1.82) is 0 Å². The number of carbonyl (C=O) groups is 1. The molecule has 1 atom stereocenters. The third-order valence-corrected chi connectivity index (χ3v) is 6.99. The fourth-order valence-electron chi connectivity index (χ4n) is 3.56. The Kier molecular flexibility index (Phi) is 7.94. The van der Waals surface area contributed by atoms with E-state index in [0.717, 1.165) is 17.4 Å². The smallest absolute Gasteiger partial charge is 0.232 e. The summed E-state index contributed by atoms with van der Waals surface area (Å²) in [6.07, 6.45) is 1.81. The number of nitrogens with one attached hydrogen (secondary N) is 1. The molecule has 7 heteroatoms. The van der Waals surface area contributed by atoms with Gasteiger partial charge in [-0.05, 0) is 81.0 Å². The van der Waals surface area contributed by atoms with Crippen LogP contribution in [0.2, 0.25) is 5.02 Å². The summed E-state index contributed by atoms with van der Waals surface area (Å²) in [4.78, 5) is 12.5. The second-order valence-corrected chi connectivity index (χ2v) is 10.2. The Bertz CT molecular complexity index is 1030. The van der Waals surface area contributed by atoms with Gasteiger partial charge in [-0.1, -0.05) is 29.8 Å². The van der Waals surface area contributed by atoms with Gasteiger partial charge < -0.3 is 5.32 Å². The summed E-state index contributed by atoms with van der Waals surface area (Å²) in [5.41, 5.74) is 5.91. The fraction of sp³-hybridized carbons (Fsp3) is 0.435. The van der Waals surface area contributed by atoms with Crippen LogP contribution in [0.1, 0.15) is 53.6 Å². The van der Waals surface area contributed by atoms with E-state index < -0.39 is 10.0 Å². The summed E-state index contributed by atoms with van der Waals surface area (Å²) in [5.74, 6) is -0.101. The minimum Gasteiger partial charge on any atom is -0.350 e. The molecule has 2 rings (SSSR count). The number of nitrogens with zero attached hydrogens (tertiary/aromatic N) is 1. The molecule has 0 saturated carbocycles. The predicted octanol–water partition coefficient (Wildman–Crippen LogP) is 5.00. The lowest BCUT2D eigenvalue weighted by molar-refractivity contribution is -0.121. The summed E-state index contributed by atoms with van der Waals surface area (Å²) in [6, 6.07) is 9.31. The van der Waals surface area contributed by atoms with Crippen LogP contribution in [0.3, 0.4) is 0 Å². The van der Waals surface area contributed by atoms with E-state index in [1.807, 2.05) is 13.8 Å². The molecule has 2 aromatic rings. The quantitative estimate of drug-likeness (QED) is 0.615. The summed E-state index contributed by atoms with van der Waals surface area (Å²) in [7, 11) is -3.49. The molecular formula is C23H31ClN2O3S. The zero-order valence-electron chi connectivity index (χ0n) is 18.5. The zero-order valence-corrected chi connectivity index (χ0v) is 20.1. The van der Waals surface area contributed by atoms with Gasteiger partial charge in [-0.15, -0.1) is 0 Å². The third-order valence-electron chi connectivity index (χ3n) is 5.40. The van der Waals surface area contributed by atoms with Crippen molar-refractivity contribution in [3.05, 3.63) is 63.2 Å². The lowest BCUT2D eigenvalue weighted by atomic mass is 9.96. The Morgan fingerprint density at radius 3 is 2.37 bits per heavy atom. The van der Waals surface area contributed by atoms with Crippen LogP contribution in [-0.2, 0) is 14.8 Å². The molecule has 1 N–H and O–H groups in total. The summed E-state index contributed by atoms with van der Waals surface area (Å²) in [6.45, 7) is 10.1. The highest BCUT2D eigenvalue weighted by Crippen LogP contribution is 2.28. The molecule has 164 valence electrons. The van der Waals surface area contributed by atoms with E-state index in [1.165, 1.54) is 15.4 Å². The van der Waals surface area contributed by atoms with Crippen molar-refractivity contribution in [2.75, 3.05) is 17.1 Å². The van der Waals surface area contributed by atoms with Crippen LogP contribution in [0.4, 0.5) is 5.69 Å². The standard InChI is InChI=1S/C23H31ClN2O3S/c1-15-13-17(3)20(14-16(15)2)19(5)25-23(27)11-8-12-26(30(6,28)29)22-10-7-9-21(24)18(22)4/h7,9-10,13-14,19H,8,11-12H2,1-6H3,(H,25,27)/t19-/m0/s1. The first-order valence-corrected chi connectivity index (χ1v) is 12.2. The van der Waals surface area contributed by atoms with Gasteiger partial charge in [-0.3, -0.25) is 9.10 Å². The number of benzene rings is 2. The molecule has 30 heavy (non-hydrogen) atoms. The molecule has 0 spiro atoms. The van der Waals surface area contributed by atoms with Crippen LogP contribution in [0, 0.1) is 27.7 Å². The lowest BCUT2D eigenvalue weighted by Gasteiger charge is -2.24. The normalized spacial score (nSPS) is 12.5. The predicted molar refractivity (Wildman–Crippen MR) is 125 cm³/mol. The highest BCUT2D eigenvalue weighted by atomic mass is 35.5. The first kappa shape index (κ1) is 24.2. The molecule has 0 aromatic heterocycles. The van der Waals surface area contributed by atoms with Gasteiger partial charge in [0, 0.05) is 18.0 Å². The van der Waals surface area contributed by atoms with Gasteiger partial charge in [0.15, 0.2) is 0 Å². The molecule has 0 fully saturated rings. The van der Waals surface area contributed by atoms with E-state index >= 15 is 0 Å². The average molecular weight is 451 g/mol. The van der Waals surface area contributed by atoms with Crippen LogP contribution < -0.4 is 9.62 Å². The van der Waals surface area contributed by atoms with E-state index in [1.54, 1.807) is 25.1 Å². The molecule has 0 bridgehead atoms. The van der Waals surface area contributed by atoms with Crippen molar-refractivity contribution < 1.29 is 13.2 Å². The number of hydrogen-bond donors (Lipinski definition) is 1. The van der Waals surface area contributed by atoms with Gasteiger partial charge in [0.25, 0.3) is 0 Å². The van der Waals surface area contributed by atoms with Crippen molar-refractivity contribution in [2.45, 2.75) is 53.5 Å². The van der Waals surface area contributed by atoms with Gasteiger partial charge in [-0.25, -0.2) is 8.42 Å². The molecule has 0 saturated heterocycles. The Morgan fingerprint density at radius 2 is 1.73 bits per heavy atom. The summed E-state index contributed by atoms with van der Waals surface area (Å²) in [5, 5.41) is 3.54. The largest absolute Gasteiger partial charge is 0.350 e. The van der Waals surface area contributed by atoms with E-state index in [4.69, 9.17) is 11.6 Å². The highest BCUT2D eigenvalue weighted by Gasteiger charge is 2.20. The van der Waals surface area contributed by atoms with Crippen molar-refractivity contribution in [2.24, 2.45) is 0 Å². The Labute approximate surface area is 185 Å². The second-order valence-electron chi connectivity index (χ2n) is 7.90. The van der Waals surface area contributed by atoms with Crippen molar-refractivity contribution in [1.82, 2.24) is 5.32 Å². The number of amides is 1. The monoisotopic (exact) mass is 450 g/mol. The molecule has 0 heterocycles. The molecule has 0 aliphatic rings. The van der Waals surface area contributed by atoms with Crippen LogP contribution in [0.25, 0.3) is 0 Å². The van der Waals surface area contributed by atoms with Gasteiger partial charge >= 0.3 is 0 Å². The average Bonchev–Trinajstić information content (AvgIpc) is 2.63. The zero-order chi connectivity index (χ0) is 22.6. The van der Waals surface area contributed by atoms with Gasteiger partial charge in [0.2, 0.25) is 15.9 Å². The first-order valence-electron chi connectivity index (χ1n) is 10.0. The number of rotatable bonds is 8. The Balaban J connectivity index is 2.03. The van der Waals surface area contributed by atoms with Crippen LogP contribution in [0.5, 0.6) is 0 Å². The third kappa shape index (κ3) is 5.99. The lowest BCUT2D eigenvalue weighted by Crippen LogP contribution is -2.33. The number of carbonyl (C=O) groups excluding carboxylic acids is 1. The topological polar surface area (TPSA) is 66.5 Å². The van der Waals surface area contributed by atoms with Gasteiger partial charge in [0.05, 0.1) is 18.0 Å². The molecule has 5 nitrogen and oxygen atoms in total. The molecular weight excluding hydrogens is 420 g/mol. The number of anilines is 1. The number of aryl methyl sites for hydroxylation is 3. The van der Waals surface area contributed by atoms with E-state index in [-0.39, 0.29) is 24.9 Å². The highest BCUT2D eigenvalue weighted by molar-refractivity contribution is 7.92. The van der Waals surface area contributed by atoms with Crippen LogP contribution in [-0.4, -0.2) is 27.1 Å². The molecule has 0 aliphatic carbocycles. The maximum atomic E-state index is 12.5. The maximum absolute atomic E-state index is 12.5. The second kappa shape index (κ2) is 9.84. The van der Waals surface area contributed by atoms with E-state index in [0.29, 0.717) is 22.7 Å². The van der Waals surface area contributed by atoms with Crippen molar-refractivity contribution in [3.63, 3.8) is 0 Å². The van der Waals surface area contributed by atoms with Crippen molar-refractivity contribution >= 4 is 33.2 Å². The summed E-state index contributed by atoms with van der Waals surface area (Å²) >= 11 is 6.16. The van der Waals surface area contributed by atoms with Gasteiger partial charge in [0.1, 0.15) is 0 Å². The van der Waals surface area contributed by atoms with Crippen LogP contribution in [0.15, 0.2) is 30.3 Å². The molecule has 0 unspecified atom stereocenters. The van der Waals surface area contributed by atoms with Crippen molar-refractivity contribution in [3.8, 4) is 0 Å². The maximum Gasteiger partial charge on any atom is 0.232 e. The Morgan fingerprint density at radius 1 is 1.10 bits per heavy atom. The van der Waals surface area contributed by atoms with E-state index in [9.17, 15) is 13.2 Å². The Hall–Kier alpha value is -2.05. The SMILES string of the molecule is Cc1cc(C)c([C@H](C)NC(=O)CCCN(c2cccc(Cl)c2C)S(C)(=O)=O)cc1C. The molecule has 1 amide bonds. The first-order chi connectivity index (χ1) is 13.9. The number of sulfonamides is 1. The molecule has 2 aromatic carbocycles. The van der Waals surface area contributed by atoms with Gasteiger partial charge in [-0.2, -0.15) is 0 Å². The number of hydrogen-bond acceptors (Lipinski definition) is 3. The fourth-order valence-corrected chi connectivity index (χ4v) is 4.74.